The molecule has 0 heterocycles. The molecule has 0 radical (unpaired) electrons. The van der Waals surface area contributed by atoms with E-state index in [0.29, 0.717) is 6.42 Å². The number of hydrogen-bond acceptors (Lipinski definition) is 2. The maximum atomic E-state index is 10.4. The highest BCUT2D eigenvalue weighted by atomic mass is 32.2. The normalized spacial score (nSPS) is 11.2. The van der Waals surface area contributed by atoms with Crippen LogP contribution in [0.25, 0.3) is 10.8 Å². The molecular weight excluding hydrogens is 268 g/mol. The summed E-state index contributed by atoms with van der Waals surface area (Å²) in [5.74, 6) is 0.203. The number of benzene rings is 2. The van der Waals surface area contributed by atoms with Gasteiger partial charge in [0, 0.05) is 17.1 Å². The van der Waals surface area contributed by atoms with Crippen molar-refractivity contribution in [3.05, 3.63) is 54.6 Å². The number of rotatable bonds is 7. The second-order valence-electron chi connectivity index (χ2n) is 4.58. The summed E-state index contributed by atoms with van der Waals surface area (Å²) in [7, 11) is 0. The number of aliphatic carboxylic acids is 1. The Morgan fingerprint density at radius 3 is 2.70 bits per heavy atom. The van der Waals surface area contributed by atoms with Gasteiger partial charge in [0.25, 0.3) is 0 Å². The van der Waals surface area contributed by atoms with E-state index < -0.39 is 5.97 Å². The van der Waals surface area contributed by atoms with E-state index >= 15 is 0 Å². The topological polar surface area (TPSA) is 37.3 Å². The molecule has 2 aromatic carbocycles. The van der Waals surface area contributed by atoms with Gasteiger partial charge in [0.1, 0.15) is 0 Å². The van der Waals surface area contributed by atoms with Gasteiger partial charge in [0.15, 0.2) is 0 Å². The third-order valence-electron chi connectivity index (χ3n) is 3.00. The number of thioether (sulfide) groups is 1. The Morgan fingerprint density at radius 1 is 1.10 bits per heavy atom. The lowest BCUT2D eigenvalue weighted by Crippen LogP contribution is -1.92. The molecule has 0 fully saturated rings. The predicted molar refractivity (Wildman–Crippen MR) is 85.3 cm³/mol. The summed E-state index contributed by atoms with van der Waals surface area (Å²) in [6.07, 6.45) is 5.98. The van der Waals surface area contributed by atoms with Gasteiger partial charge in [-0.2, -0.15) is 0 Å². The highest BCUT2D eigenvalue weighted by Crippen LogP contribution is 2.23. The first kappa shape index (κ1) is 14.7. The fourth-order valence-corrected chi connectivity index (χ4v) is 2.76. The molecule has 0 saturated carbocycles. The molecule has 0 saturated heterocycles. The highest BCUT2D eigenvalue weighted by molar-refractivity contribution is 7.99. The van der Waals surface area contributed by atoms with E-state index in [1.165, 1.54) is 15.7 Å². The number of unbranched alkanes of at least 4 members (excludes halogenated alkanes) is 1. The fraction of sp³-hybridized carbons (Fsp3) is 0.235. The lowest BCUT2D eigenvalue weighted by atomic mass is 10.1. The fourth-order valence-electron chi connectivity index (χ4n) is 1.96. The monoisotopic (exact) mass is 286 g/mol. The SMILES string of the molecule is O=C(O)CCC/C=C/CSc1ccc2ccccc2c1. The smallest absolute Gasteiger partial charge is 0.303 e. The maximum Gasteiger partial charge on any atom is 0.303 e. The summed E-state index contributed by atoms with van der Waals surface area (Å²) in [4.78, 5) is 11.6. The van der Waals surface area contributed by atoms with Crippen molar-refractivity contribution >= 4 is 28.5 Å². The first-order valence-corrected chi connectivity index (χ1v) is 7.72. The van der Waals surface area contributed by atoms with Crippen molar-refractivity contribution in [2.75, 3.05) is 5.75 Å². The number of carboxylic acids is 1. The molecule has 0 spiro atoms. The maximum absolute atomic E-state index is 10.4. The van der Waals surface area contributed by atoms with Crippen molar-refractivity contribution in [2.45, 2.75) is 24.2 Å². The van der Waals surface area contributed by atoms with Crippen molar-refractivity contribution in [3.8, 4) is 0 Å². The van der Waals surface area contributed by atoms with E-state index in [4.69, 9.17) is 5.11 Å². The molecule has 0 aliphatic carbocycles. The van der Waals surface area contributed by atoms with E-state index in [2.05, 4.69) is 54.6 Å². The van der Waals surface area contributed by atoms with Gasteiger partial charge in [-0.25, -0.2) is 0 Å². The summed E-state index contributed by atoms with van der Waals surface area (Å²) >= 11 is 1.80. The lowest BCUT2D eigenvalue weighted by molar-refractivity contribution is -0.137. The Morgan fingerprint density at radius 2 is 1.90 bits per heavy atom. The number of allylic oxidation sites excluding steroid dienone is 1. The van der Waals surface area contributed by atoms with E-state index in [9.17, 15) is 4.79 Å². The summed E-state index contributed by atoms with van der Waals surface area (Å²) in [6, 6.07) is 14.8. The number of fused-ring (bicyclic) bond motifs is 1. The summed E-state index contributed by atoms with van der Waals surface area (Å²) in [5.41, 5.74) is 0. The van der Waals surface area contributed by atoms with Gasteiger partial charge in [-0.05, 0) is 35.7 Å². The molecule has 2 aromatic rings. The Labute approximate surface area is 123 Å². The van der Waals surface area contributed by atoms with Crippen LogP contribution in [0.2, 0.25) is 0 Å². The second kappa shape index (κ2) is 7.75. The number of carbonyl (C=O) groups is 1. The zero-order chi connectivity index (χ0) is 14.2. The van der Waals surface area contributed by atoms with Crippen LogP contribution in [-0.4, -0.2) is 16.8 Å². The third-order valence-corrected chi connectivity index (χ3v) is 3.94. The molecule has 1 N–H and O–H groups in total. The van der Waals surface area contributed by atoms with Crippen LogP contribution in [0.1, 0.15) is 19.3 Å². The van der Waals surface area contributed by atoms with E-state index in [1.54, 1.807) is 11.8 Å². The van der Waals surface area contributed by atoms with Gasteiger partial charge >= 0.3 is 5.97 Å². The van der Waals surface area contributed by atoms with Crippen LogP contribution in [0.3, 0.4) is 0 Å². The molecule has 104 valence electrons. The van der Waals surface area contributed by atoms with Crippen LogP contribution in [0.5, 0.6) is 0 Å². The molecule has 2 rings (SSSR count). The van der Waals surface area contributed by atoms with Crippen LogP contribution in [0.15, 0.2) is 59.5 Å². The standard InChI is InChI=1S/C17H18O2S/c18-17(19)9-3-1-2-6-12-20-16-11-10-14-7-4-5-8-15(14)13-16/h2,4-8,10-11,13H,1,3,9,12H2,(H,18,19)/b6-2+. The van der Waals surface area contributed by atoms with Crippen LogP contribution in [0.4, 0.5) is 0 Å². The molecule has 0 amide bonds. The van der Waals surface area contributed by atoms with E-state index in [0.717, 1.165) is 12.2 Å². The van der Waals surface area contributed by atoms with Gasteiger partial charge in [-0.15, -0.1) is 11.8 Å². The molecule has 0 aliphatic heterocycles. The minimum absolute atomic E-state index is 0.252. The van der Waals surface area contributed by atoms with Crippen molar-refractivity contribution in [3.63, 3.8) is 0 Å². The molecule has 0 atom stereocenters. The van der Waals surface area contributed by atoms with Crippen molar-refractivity contribution in [1.82, 2.24) is 0 Å². The van der Waals surface area contributed by atoms with Crippen LogP contribution in [-0.2, 0) is 4.79 Å². The second-order valence-corrected chi connectivity index (χ2v) is 5.67. The van der Waals surface area contributed by atoms with E-state index in [-0.39, 0.29) is 6.42 Å². The molecule has 0 aromatic heterocycles. The summed E-state index contributed by atoms with van der Waals surface area (Å²) < 4.78 is 0. The van der Waals surface area contributed by atoms with Crippen molar-refractivity contribution < 1.29 is 9.90 Å². The average Bonchev–Trinajstić information content (AvgIpc) is 2.46. The minimum Gasteiger partial charge on any atom is -0.481 e. The van der Waals surface area contributed by atoms with Gasteiger partial charge < -0.3 is 5.11 Å². The zero-order valence-electron chi connectivity index (χ0n) is 11.3. The number of carboxylic acid groups (broad SMARTS) is 1. The molecule has 20 heavy (non-hydrogen) atoms. The first-order chi connectivity index (χ1) is 9.75. The molecular formula is C17H18O2S. The quantitative estimate of drug-likeness (QED) is 0.453. The largest absolute Gasteiger partial charge is 0.481 e. The zero-order valence-corrected chi connectivity index (χ0v) is 12.1. The molecule has 0 aliphatic rings. The molecule has 0 bridgehead atoms. The van der Waals surface area contributed by atoms with Crippen molar-refractivity contribution in [2.24, 2.45) is 0 Å². The molecule has 3 heteroatoms. The molecule has 0 unspecified atom stereocenters. The first-order valence-electron chi connectivity index (χ1n) is 6.74. The molecule has 2 nitrogen and oxygen atoms in total. The van der Waals surface area contributed by atoms with Gasteiger partial charge in [0.2, 0.25) is 0 Å². The Balaban J connectivity index is 1.78. The van der Waals surface area contributed by atoms with Crippen LogP contribution < -0.4 is 0 Å². The van der Waals surface area contributed by atoms with Gasteiger partial charge in [0.05, 0.1) is 0 Å². The Bertz CT molecular complexity index is 605. The average molecular weight is 286 g/mol. The highest BCUT2D eigenvalue weighted by Gasteiger charge is 1.96. The minimum atomic E-state index is -0.719. The predicted octanol–water partition coefficient (Wildman–Crippen LogP) is 4.74. The van der Waals surface area contributed by atoms with Crippen molar-refractivity contribution in [1.29, 1.82) is 0 Å². The summed E-state index contributed by atoms with van der Waals surface area (Å²) in [5, 5.41) is 11.1. The van der Waals surface area contributed by atoms with Gasteiger partial charge in [-0.3, -0.25) is 4.79 Å². The van der Waals surface area contributed by atoms with Crippen LogP contribution >= 0.6 is 11.8 Å². The Kier molecular flexibility index (Phi) is 5.69. The lowest BCUT2D eigenvalue weighted by Gasteiger charge is -2.01. The third kappa shape index (κ3) is 4.74. The number of hydrogen-bond donors (Lipinski definition) is 1. The summed E-state index contributed by atoms with van der Waals surface area (Å²) in [6.45, 7) is 0. The van der Waals surface area contributed by atoms with Gasteiger partial charge in [-0.1, -0.05) is 42.5 Å². The van der Waals surface area contributed by atoms with Crippen LogP contribution in [0, 0.1) is 0 Å². The van der Waals surface area contributed by atoms with E-state index in [1.807, 2.05) is 0 Å². The Hall–Kier alpha value is -1.74.